The summed E-state index contributed by atoms with van der Waals surface area (Å²) < 4.78 is 13.2. The largest absolute Gasteiger partial charge is 0.371 e. The molecule has 94 valence electrons. The summed E-state index contributed by atoms with van der Waals surface area (Å²) in [5, 5.41) is 1.05. The molecule has 2 rings (SSSR count). The first-order valence-corrected chi connectivity index (χ1v) is 7.38. The highest BCUT2D eigenvalue weighted by Gasteiger charge is 2.37. The number of rotatable bonds is 5. The van der Waals surface area contributed by atoms with E-state index in [-0.39, 0.29) is 5.82 Å². The Morgan fingerprint density at radius 1 is 1.41 bits per heavy atom. The van der Waals surface area contributed by atoms with Gasteiger partial charge >= 0.3 is 0 Å². The van der Waals surface area contributed by atoms with E-state index in [1.165, 1.54) is 25.3 Å². The zero-order valence-electron chi connectivity index (χ0n) is 10.3. The highest BCUT2D eigenvalue weighted by molar-refractivity contribution is 9.09. The van der Waals surface area contributed by atoms with E-state index in [9.17, 15) is 4.39 Å². The Balaban J connectivity index is 2.11. The van der Waals surface area contributed by atoms with Crippen LogP contribution in [0, 0.1) is 11.2 Å². The average Bonchev–Trinajstić information content (AvgIpc) is 2.29. The van der Waals surface area contributed by atoms with Crippen molar-refractivity contribution in [1.29, 1.82) is 0 Å². The maximum atomic E-state index is 13.2. The van der Waals surface area contributed by atoms with Crippen LogP contribution in [-0.2, 0) is 0 Å². The molecule has 17 heavy (non-hydrogen) atoms. The molecule has 0 saturated heterocycles. The minimum atomic E-state index is -0.151. The number of hydrogen-bond acceptors (Lipinski definition) is 1. The van der Waals surface area contributed by atoms with Crippen molar-refractivity contribution < 1.29 is 4.39 Å². The summed E-state index contributed by atoms with van der Waals surface area (Å²) in [5.74, 6) is -0.151. The van der Waals surface area contributed by atoms with Gasteiger partial charge in [-0.3, -0.25) is 0 Å². The highest BCUT2D eigenvalue weighted by Crippen LogP contribution is 2.43. The van der Waals surface area contributed by atoms with Crippen molar-refractivity contribution in [2.24, 2.45) is 5.41 Å². The van der Waals surface area contributed by atoms with Crippen molar-refractivity contribution >= 4 is 21.6 Å². The maximum absolute atomic E-state index is 13.2. The summed E-state index contributed by atoms with van der Waals surface area (Å²) in [4.78, 5) is 2.28. The van der Waals surface area contributed by atoms with E-state index in [0.717, 1.165) is 24.1 Å². The molecule has 0 aliphatic heterocycles. The molecule has 1 nitrogen and oxygen atoms in total. The minimum absolute atomic E-state index is 0.151. The molecule has 0 heterocycles. The molecule has 0 N–H and O–H groups in total. The van der Waals surface area contributed by atoms with Crippen LogP contribution in [0.5, 0.6) is 0 Å². The number of halogens is 2. The molecule has 0 aromatic heterocycles. The number of hydrogen-bond donors (Lipinski definition) is 0. The standard InChI is InChI=1S/C14H19BrFN/c1-2-17(11-14(10-15)7-4-8-14)13-6-3-5-12(16)9-13/h3,5-6,9H,2,4,7-8,10-11H2,1H3. The molecule has 0 bridgehead atoms. The summed E-state index contributed by atoms with van der Waals surface area (Å²) in [6.07, 6.45) is 3.89. The lowest BCUT2D eigenvalue weighted by atomic mass is 9.70. The van der Waals surface area contributed by atoms with E-state index in [2.05, 4.69) is 27.8 Å². The lowest BCUT2D eigenvalue weighted by Crippen LogP contribution is -2.43. The van der Waals surface area contributed by atoms with Gasteiger partial charge in [0.2, 0.25) is 0 Å². The molecule has 1 aliphatic carbocycles. The normalized spacial score (nSPS) is 17.6. The Labute approximate surface area is 111 Å². The Morgan fingerprint density at radius 2 is 2.18 bits per heavy atom. The number of benzene rings is 1. The molecule has 1 aliphatic rings. The first kappa shape index (κ1) is 12.9. The van der Waals surface area contributed by atoms with E-state index in [0.29, 0.717) is 5.41 Å². The second-order valence-corrected chi connectivity index (χ2v) is 5.54. The summed E-state index contributed by atoms with van der Waals surface area (Å²) in [7, 11) is 0. The smallest absolute Gasteiger partial charge is 0.125 e. The molecule has 0 spiro atoms. The van der Waals surface area contributed by atoms with Gasteiger partial charge in [0, 0.05) is 24.1 Å². The number of alkyl halides is 1. The molecule has 1 saturated carbocycles. The zero-order valence-corrected chi connectivity index (χ0v) is 11.8. The van der Waals surface area contributed by atoms with Crippen molar-refractivity contribution in [3.05, 3.63) is 30.1 Å². The quantitative estimate of drug-likeness (QED) is 0.736. The highest BCUT2D eigenvalue weighted by atomic mass is 79.9. The molecule has 3 heteroatoms. The number of anilines is 1. The van der Waals surface area contributed by atoms with E-state index in [4.69, 9.17) is 0 Å². The maximum Gasteiger partial charge on any atom is 0.125 e. The first-order valence-electron chi connectivity index (χ1n) is 6.25. The second kappa shape index (κ2) is 5.38. The summed E-state index contributed by atoms with van der Waals surface area (Å²) in [6, 6.07) is 6.91. The number of nitrogens with zero attached hydrogens (tertiary/aromatic N) is 1. The van der Waals surface area contributed by atoms with Crippen molar-refractivity contribution in [2.75, 3.05) is 23.3 Å². The van der Waals surface area contributed by atoms with Crippen LogP contribution in [0.4, 0.5) is 10.1 Å². The fourth-order valence-electron chi connectivity index (χ4n) is 2.47. The fraction of sp³-hybridized carbons (Fsp3) is 0.571. The van der Waals surface area contributed by atoms with Gasteiger partial charge in [-0.1, -0.05) is 28.4 Å². The van der Waals surface area contributed by atoms with Crippen LogP contribution in [-0.4, -0.2) is 18.4 Å². The second-order valence-electron chi connectivity index (χ2n) is 4.98. The molecular formula is C14H19BrFN. The summed E-state index contributed by atoms with van der Waals surface area (Å²) >= 11 is 3.63. The van der Waals surface area contributed by atoms with E-state index in [1.807, 2.05) is 6.07 Å². The summed E-state index contributed by atoms with van der Waals surface area (Å²) in [6.45, 7) is 4.09. The van der Waals surface area contributed by atoms with E-state index in [1.54, 1.807) is 12.1 Å². The molecule has 0 atom stereocenters. The van der Waals surface area contributed by atoms with Gasteiger partial charge in [0.05, 0.1) is 0 Å². The lowest BCUT2D eigenvalue weighted by molar-refractivity contribution is 0.177. The fourth-order valence-corrected chi connectivity index (χ4v) is 3.21. The minimum Gasteiger partial charge on any atom is -0.371 e. The van der Waals surface area contributed by atoms with Crippen LogP contribution in [0.25, 0.3) is 0 Å². The third-order valence-corrected chi connectivity index (χ3v) is 4.97. The van der Waals surface area contributed by atoms with Crippen LogP contribution >= 0.6 is 15.9 Å². The van der Waals surface area contributed by atoms with Crippen LogP contribution in [0.15, 0.2) is 24.3 Å². The van der Waals surface area contributed by atoms with Crippen molar-refractivity contribution in [3.63, 3.8) is 0 Å². The third-order valence-electron chi connectivity index (χ3n) is 3.78. The van der Waals surface area contributed by atoms with E-state index >= 15 is 0 Å². The third kappa shape index (κ3) is 2.82. The first-order chi connectivity index (χ1) is 8.19. The van der Waals surface area contributed by atoms with Crippen LogP contribution in [0.2, 0.25) is 0 Å². The van der Waals surface area contributed by atoms with E-state index < -0.39 is 0 Å². The Kier molecular flexibility index (Phi) is 4.08. The van der Waals surface area contributed by atoms with Gasteiger partial charge < -0.3 is 4.90 Å². The van der Waals surface area contributed by atoms with Crippen LogP contribution in [0.1, 0.15) is 26.2 Å². The van der Waals surface area contributed by atoms with Crippen molar-refractivity contribution in [2.45, 2.75) is 26.2 Å². The van der Waals surface area contributed by atoms with Crippen LogP contribution in [0.3, 0.4) is 0 Å². The summed E-state index contributed by atoms with van der Waals surface area (Å²) in [5.41, 5.74) is 1.40. The Morgan fingerprint density at radius 3 is 2.65 bits per heavy atom. The van der Waals surface area contributed by atoms with Gasteiger partial charge in [0.1, 0.15) is 5.82 Å². The van der Waals surface area contributed by atoms with Gasteiger partial charge in [0.25, 0.3) is 0 Å². The molecule has 1 aromatic rings. The van der Waals surface area contributed by atoms with Crippen molar-refractivity contribution in [1.82, 2.24) is 0 Å². The predicted molar refractivity (Wildman–Crippen MR) is 74.4 cm³/mol. The zero-order chi connectivity index (χ0) is 12.3. The average molecular weight is 300 g/mol. The van der Waals surface area contributed by atoms with Gasteiger partial charge in [0.15, 0.2) is 0 Å². The monoisotopic (exact) mass is 299 g/mol. The predicted octanol–water partition coefficient (Wildman–Crippen LogP) is 4.22. The molecule has 1 fully saturated rings. The van der Waals surface area contributed by atoms with Gasteiger partial charge in [-0.25, -0.2) is 4.39 Å². The topological polar surface area (TPSA) is 3.24 Å². The van der Waals surface area contributed by atoms with Crippen molar-refractivity contribution in [3.8, 4) is 0 Å². The molecule has 0 amide bonds. The van der Waals surface area contributed by atoms with Gasteiger partial charge in [-0.15, -0.1) is 0 Å². The molecular weight excluding hydrogens is 281 g/mol. The molecule has 1 aromatic carbocycles. The van der Waals surface area contributed by atoms with Gasteiger partial charge in [-0.2, -0.15) is 0 Å². The molecule has 0 radical (unpaired) electrons. The molecule has 0 unspecified atom stereocenters. The SMILES string of the molecule is CCN(CC1(CBr)CCC1)c1cccc(F)c1. The van der Waals surface area contributed by atoms with Crippen LogP contribution < -0.4 is 4.90 Å². The Bertz CT molecular complexity index is 371. The lowest BCUT2D eigenvalue weighted by Gasteiger charge is -2.44. The Hall–Kier alpha value is -0.570. The van der Waals surface area contributed by atoms with Gasteiger partial charge in [-0.05, 0) is 43.4 Å².